The van der Waals surface area contributed by atoms with E-state index < -0.39 is 0 Å². The van der Waals surface area contributed by atoms with E-state index in [4.69, 9.17) is 0 Å². The lowest BCUT2D eigenvalue weighted by Gasteiger charge is -2.00. The largest absolute Gasteiger partial charge is 0.337 e. The summed E-state index contributed by atoms with van der Waals surface area (Å²) in [4.78, 5) is 0. The van der Waals surface area contributed by atoms with E-state index >= 15 is 0 Å². The zero-order chi connectivity index (χ0) is 10.8. The molecular formula is C12H14FNS. The molecule has 1 nitrogen and oxygen atoms in total. The van der Waals surface area contributed by atoms with E-state index in [1.54, 1.807) is 0 Å². The van der Waals surface area contributed by atoms with Crippen LogP contribution in [-0.4, -0.2) is 4.57 Å². The predicted octanol–water partition coefficient (Wildman–Crippen LogP) is 4.11. The molecule has 3 heteroatoms. The van der Waals surface area contributed by atoms with E-state index in [0.717, 1.165) is 28.9 Å². The minimum Gasteiger partial charge on any atom is -0.337 e. The average Bonchev–Trinajstić information content (AvgIpc) is 2.54. The number of aryl methyl sites for hydroxylation is 2. The summed E-state index contributed by atoms with van der Waals surface area (Å²) in [6.07, 6.45) is 1.98. The predicted molar refractivity (Wildman–Crippen MR) is 63.9 cm³/mol. The number of rotatable bonds is 3. The summed E-state index contributed by atoms with van der Waals surface area (Å²) in [5.41, 5.74) is 2.25. The lowest BCUT2D eigenvalue weighted by molar-refractivity contribution is 0.795. The summed E-state index contributed by atoms with van der Waals surface area (Å²) >= 11 is 0.351. The maximum atomic E-state index is 12.9. The third-order valence-corrected chi connectivity index (χ3v) is 3.39. The molecular weight excluding hydrogens is 209 g/mol. The first kappa shape index (κ1) is 10.6. The van der Waals surface area contributed by atoms with Gasteiger partial charge in [0.2, 0.25) is 0 Å². The molecule has 0 bridgehead atoms. The highest BCUT2D eigenvalue weighted by molar-refractivity contribution is 7.94. The molecule has 2 aromatic rings. The summed E-state index contributed by atoms with van der Waals surface area (Å²) in [6, 6.07) is 8.10. The molecule has 0 aliphatic rings. The standard InChI is InChI=1S/C12H14FNS/c1-3-6-10-9-7-4-5-8-11(9)14(2)12(10)15-13/h4-5,7-8H,3,6H2,1-2H3. The van der Waals surface area contributed by atoms with Gasteiger partial charge in [-0.05, 0) is 18.1 Å². The van der Waals surface area contributed by atoms with E-state index in [9.17, 15) is 3.89 Å². The number of para-hydroxylation sites is 1. The second-order valence-electron chi connectivity index (χ2n) is 3.69. The Labute approximate surface area is 93.6 Å². The van der Waals surface area contributed by atoms with Crippen LogP contribution in [-0.2, 0) is 13.5 Å². The minimum absolute atomic E-state index is 0.351. The Kier molecular flexibility index (Phi) is 3.00. The Morgan fingerprint density at radius 1 is 1.33 bits per heavy atom. The second-order valence-corrected chi connectivity index (χ2v) is 4.23. The van der Waals surface area contributed by atoms with Gasteiger partial charge in [-0.15, -0.1) is 0 Å². The van der Waals surface area contributed by atoms with E-state index in [2.05, 4.69) is 13.0 Å². The van der Waals surface area contributed by atoms with Crippen molar-refractivity contribution in [3.8, 4) is 0 Å². The van der Waals surface area contributed by atoms with Crippen molar-refractivity contribution in [1.82, 2.24) is 4.57 Å². The Hall–Kier alpha value is -0.960. The Bertz CT molecular complexity index is 476. The molecule has 80 valence electrons. The molecule has 15 heavy (non-hydrogen) atoms. The molecule has 0 fully saturated rings. The van der Waals surface area contributed by atoms with Crippen molar-refractivity contribution in [3.63, 3.8) is 0 Å². The Morgan fingerprint density at radius 3 is 2.73 bits per heavy atom. The van der Waals surface area contributed by atoms with Crippen LogP contribution in [0, 0.1) is 0 Å². The third kappa shape index (κ3) is 1.65. The highest BCUT2D eigenvalue weighted by Gasteiger charge is 2.14. The number of hydrogen-bond acceptors (Lipinski definition) is 1. The van der Waals surface area contributed by atoms with Crippen LogP contribution in [0.15, 0.2) is 29.3 Å². The maximum Gasteiger partial charge on any atom is 0.112 e. The molecule has 0 radical (unpaired) electrons. The number of aromatic nitrogens is 1. The van der Waals surface area contributed by atoms with Crippen LogP contribution in [0.1, 0.15) is 18.9 Å². The topological polar surface area (TPSA) is 4.93 Å². The van der Waals surface area contributed by atoms with Crippen LogP contribution in [0.3, 0.4) is 0 Å². The molecule has 0 aliphatic carbocycles. The number of fused-ring (bicyclic) bond motifs is 1. The van der Waals surface area contributed by atoms with Crippen LogP contribution in [0.25, 0.3) is 10.9 Å². The quantitative estimate of drug-likeness (QED) is 0.758. The summed E-state index contributed by atoms with van der Waals surface area (Å²) in [7, 11) is 1.92. The fourth-order valence-corrected chi connectivity index (χ4v) is 2.55. The van der Waals surface area contributed by atoms with Gasteiger partial charge in [0.05, 0.1) is 12.1 Å². The van der Waals surface area contributed by atoms with Gasteiger partial charge in [-0.1, -0.05) is 31.5 Å². The van der Waals surface area contributed by atoms with E-state index in [1.807, 2.05) is 29.8 Å². The molecule has 1 heterocycles. The first-order valence-electron chi connectivity index (χ1n) is 5.14. The summed E-state index contributed by atoms with van der Waals surface area (Å²) in [5.74, 6) is 0. The van der Waals surface area contributed by atoms with E-state index in [0.29, 0.717) is 12.1 Å². The van der Waals surface area contributed by atoms with Crippen molar-refractivity contribution >= 4 is 23.1 Å². The van der Waals surface area contributed by atoms with Gasteiger partial charge in [-0.25, -0.2) is 0 Å². The van der Waals surface area contributed by atoms with Crippen LogP contribution >= 0.6 is 12.1 Å². The smallest absolute Gasteiger partial charge is 0.112 e. The summed E-state index contributed by atoms with van der Waals surface area (Å²) in [5, 5.41) is 1.93. The van der Waals surface area contributed by atoms with Gasteiger partial charge in [-0.3, -0.25) is 0 Å². The lowest BCUT2D eigenvalue weighted by Crippen LogP contribution is -1.90. The van der Waals surface area contributed by atoms with E-state index in [1.165, 1.54) is 5.39 Å². The molecule has 0 N–H and O–H groups in total. The fourth-order valence-electron chi connectivity index (χ4n) is 2.04. The highest BCUT2D eigenvalue weighted by atomic mass is 32.2. The SMILES string of the molecule is CCCc1c(SF)n(C)c2ccccc12. The first-order valence-corrected chi connectivity index (χ1v) is 5.86. The van der Waals surface area contributed by atoms with Gasteiger partial charge in [0.25, 0.3) is 0 Å². The molecule has 0 saturated carbocycles. The van der Waals surface area contributed by atoms with Crippen LogP contribution in [0.5, 0.6) is 0 Å². The van der Waals surface area contributed by atoms with Crippen LogP contribution in [0.4, 0.5) is 3.89 Å². The molecule has 0 unspecified atom stereocenters. The number of hydrogen-bond donors (Lipinski definition) is 0. The third-order valence-electron chi connectivity index (χ3n) is 2.73. The van der Waals surface area contributed by atoms with Crippen molar-refractivity contribution < 1.29 is 3.89 Å². The number of nitrogens with zero attached hydrogens (tertiary/aromatic N) is 1. The monoisotopic (exact) mass is 223 g/mol. The molecule has 1 aromatic carbocycles. The van der Waals surface area contributed by atoms with E-state index in [-0.39, 0.29) is 0 Å². The van der Waals surface area contributed by atoms with Gasteiger partial charge in [0, 0.05) is 18.0 Å². The van der Waals surface area contributed by atoms with Crippen molar-refractivity contribution in [2.24, 2.45) is 7.05 Å². The minimum atomic E-state index is 0.351. The molecule has 0 aliphatic heterocycles. The summed E-state index contributed by atoms with van der Waals surface area (Å²) in [6.45, 7) is 2.12. The van der Waals surface area contributed by atoms with Gasteiger partial charge in [0.1, 0.15) is 5.03 Å². The van der Waals surface area contributed by atoms with Gasteiger partial charge >= 0.3 is 0 Å². The number of halogens is 1. The zero-order valence-electron chi connectivity index (χ0n) is 8.96. The van der Waals surface area contributed by atoms with Gasteiger partial charge in [-0.2, -0.15) is 3.89 Å². The van der Waals surface area contributed by atoms with Crippen LogP contribution in [0.2, 0.25) is 0 Å². The molecule has 0 amide bonds. The molecule has 0 saturated heterocycles. The van der Waals surface area contributed by atoms with Crippen molar-refractivity contribution in [1.29, 1.82) is 0 Å². The normalized spacial score (nSPS) is 11.1. The zero-order valence-corrected chi connectivity index (χ0v) is 9.77. The Morgan fingerprint density at radius 2 is 2.07 bits per heavy atom. The molecule has 2 rings (SSSR count). The molecule has 0 atom stereocenters. The average molecular weight is 223 g/mol. The lowest BCUT2D eigenvalue weighted by atomic mass is 10.1. The second kappa shape index (κ2) is 4.27. The van der Waals surface area contributed by atoms with Crippen molar-refractivity contribution in [3.05, 3.63) is 29.8 Å². The maximum absolute atomic E-state index is 12.9. The number of benzene rings is 1. The first-order chi connectivity index (χ1) is 7.29. The van der Waals surface area contributed by atoms with Crippen LogP contribution < -0.4 is 0 Å². The summed E-state index contributed by atoms with van der Waals surface area (Å²) < 4.78 is 14.8. The molecule has 1 aromatic heterocycles. The van der Waals surface area contributed by atoms with Gasteiger partial charge in [0.15, 0.2) is 0 Å². The van der Waals surface area contributed by atoms with Crippen molar-refractivity contribution in [2.75, 3.05) is 0 Å². The van der Waals surface area contributed by atoms with Gasteiger partial charge < -0.3 is 4.57 Å². The highest BCUT2D eigenvalue weighted by Crippen LogP contribution is 2.33. The van der Waals surface area contributed by atoms with Crippen molar-refractivity contribution in [2.45, 2.75) is 24.8 Å². The fraction of sp³-hybridized carbons (Fsp3) is 0.333. The Balaban J connectivity index is 2.73. The molecule has 0 spiro atoms.